The van der Waals surface area contributed by atoms with Crippen LogP contribution in [0.4, 0.5) is 4.39 Å². The van der Waals surface area contributed by atoms with E-state index in [1.165, 1.54) is 6.07 Å². The van der Waals surface area contributed by atoms with Gasteiger partial charge in [-0.05, 0) is 23.8 Å². The van der Waals surface area contributed by atoms with Crippen LogP contribution in [-0.4, -0.2) is 10.9 Å². The zero-order valence-electron chi connectivity index (χ0n) is 9.66. The third-order valence-corrected chi connectivity index (χ3v) is 2.95. The Kier molecular flexibility index (Phi) is 4.35. The van der Waals surface area contributed by atoms with Gasteiger partial charge in [0.25, 0.3) is 5.91 Å². The van der Waals surface area contributed by atoms with E-state index in [4.69, 9.17) is 23.2 Å². The number of carbonyl (C=O) groups excluding carboxylic acids is 1. The first kappa shape index (κ1) is 13.8. The Balaban J connectivity index is 2.01. The predicted molar refractivity (Wildman–Crippen MR) is 71.8 cm³/mol. The van der Waals surface area contributed by atoms with Gasteiger partial charge in [0.15, 0.2) is 5.82 Å². The molecule has 1 amide bonds. The highest BCUT2D eigenvalue weighted by molar-refractivity contribution is 6.31. The van der Waals surface area contributed by atoms with Crippen molar-refractivity contribution < 1.29 is 9.18 Å². The molecular formula is C13H9Cl2FN2O. The van der Waals surface area contributed by atoms with Crippen LogP contribution in [0.5, 0.6) is 0 Å². The van der Waals surface area contributed by atoms with Gasteiger partial charge in [-0.15, -0.1) is 0 Å². The van der Waals surface area contributed by atoms with Crippen molar-refractivity contribution in [2.75, 3.05) is 0 Å². The average Bonchev–Trinajstić information content (AvgIpc) is 2.41. The third kappa shape index (κ3) is 3.66. The highest BCUT2D eigenvalue weighted by Crippen LogP contribution is 2.14. The van der Waals surface area contributed by atoms with Gasteiger partial charge in [-0.3, -0.25) is 4.79 Å². The molecule has 0 aliphatic heterocycles. The molecule has 0 unspecified atom stereocenters. The number of halogens is 3. The van der Waals surface area contributed by atoms with Gasteiger partial charge in [-0.1, -0.05) is 35.3 Å². The molecule has 6 heteroatoms. The second-order valence-electron chi connectivity index (χ2n) is 3.79. The van der Waals surface area contributed by atoms with Crippen molar-refractivity contribution in [3.63, 3.8) is 0 Å². The molecule has 0 saturated heterocycles. The van der Waals surface area contributed by atoms with Crippen LogP contribution in [0, 0.1) is 5.82 Å². The Hall–Kier alpha value is -1.65. The van der Waals surface area contributed by atoms with E-state index in [-0.39, 0.29) is 10.7 Å². The summed E-state index contributed by atoms with van der Waals surface area (Å²) < 4.78 is 12.9. The molecular weight excluding hydrogens is 290 g/mol. The molecule has 0 bridgehead atoms. The molecule has 0 fully saturated rings. The van der Waals surface area contributed by atoms with E-state index in [1.54, 1.807) is 24.3 Å². The number of amides is 1. The fourth-order valence-corrected chi connectivity index (χ4v) is 1.69. The van der Waals surface area contributed by atoms with Crippen LogP contribution in [0.15, 0.2) is 36.5 Å². The highest BCUT2D eigenvalue weighted by atomic mass is 35.5. The van der Waals surface area contributed by atoms with E-state index >= 15 is 0 Å². The molecule has 98 valence electrons. The number of hydrogen-bond acceptors (Lipinski definition) is 2. The van der Waals surface area contributed by atoms with Crippen LogP contribution in [0.25, 0.3) is 0 Å². The molecule has 1 aromatic carbocycles. The molecule has 0 spiro atoms. The largest absolute Gasteiger partial charge is 0.347 e. The van der Waals surface area contributed by atoms with Crippen LogP contribution in [-0.2, 0) is 6.54 Å². The zero-order chi connectivity index (χ0) is 13.8. The molecule has 0 aliphatic carbocycles. The summed E-state index contributed by atoms with van der Waals surface area (Å²) in [6.07, 6.45) is 0.916. The van der Waals surface area contributed by atoms with Crippen molar-refractivity contribution in [3.8, 4) is 0 Å². The number of nitrogens with zero attached hydrogens (tertiary/aromatic N) is 1. The summed E-state index contributed by atoms with van der Waals surface area (Å²) in [7, 11) is 0. The lowest BCUT2D eigenvalue weighted by Crippen LogP contribution is -2.23. The van der Waals surface area contributed by atoms with E-state index in [9.17, 15) is 9.18 Å². The second-order valence-corrected chi connectivity index (χ2v) is 4.64. The van der Waals surface area contributed by atoms with Gasteiger partial charge in [0.1, 0.15) is 5.69 Å². The van der Waals surface area contributed by atoms with E-state index in [2.05, 4.69) is 10.3 Å². The molecule has 2 rings (SSSR count). The summed E-state index contributed by atoms with van der Waals surface area (Å²) in [6.45, 7) is 0.326. The molecule has 19 heavy (non-hydrogen) atoms. The second kappa shape index (κ2) is 5.99. The van der Waals surface area contributed by atoms with Crippen molar-refractivity contribution in [1.29, 1.82) is 0 Å². The molecule has 1 aromatic heterocycles. The summed E-state index contributed by atoms with van der Waals surface area (Å²) >= 11 is 11.3. The maximum atomic E-state index is 12.9. The first-order chi connectivity index (χ1) is 9.06. The lowest BCUT2D eigenvalue weighted by molar-refractivity contribution is 0.0946. The van der Waals surface area contributed by atoms with Crippen molar-refractivity contribution in [2.24, 2.45) is 0 Å². The average molecular weight is 299 g/mol. The molecule has 0 aliphatic rings. The minimum Gasteiger partial charge on any atom is -0.347 e. The minimum atomic E-state index is -0.657. The van der Waals surface area contributed by atoms with Gasteiger partial charge < -0.3 is 5.32 Å². The topological polar surface area (TPSA) is 42.0 Å². The van der Waals surface area contributed by atoms with Crippen LogP contribution < -0.4 is 5.32 Å². The van der Waals surface area contributed by atoms with Crippen LogP contribution in [0.2, 0.25) is 10.0 Å². The van der Waals surface area contributed by atoms with Gasteiger partial charge in [-0.2, -0.15) is 0 Å². The van der Waals surface area contributed by atoms with Crippen LogP contribution in [0.3, 0.4) is 0 Å². The van der Waals surface area contributed by atoms with Crippen LogP contribution in [0.1, 0.15) is 16.1 Å². The lowest BCUT2D eigenvalue weighted by Gasteiger charge is -2.05. The van der Waals surface area contributed by atoms with Crippen molar-refractivity contribution in [3.05, 3.63) is 63.6 Å². The fourth-order valence-electron chi connectivity index (χ4n) is 1.41. The van der Waals surface area contributed by atoms with E-state index in [1.807, 2.05) is 0 Å². The quantitative estimate of drug-likeness (QED) is 0.943. The van der Waals surface area contributed by atoms with Gasteiger partial charge in [-0.25, -0.2) is 9.37 Å². The summed E-state index contributed by atoms with van der Waals surface area (Å²) in [6, 6.07) is 8.25. The van der Waals surface area contributed by atoms with Crippen molar-refractivity contribution in [2.45, 2.75) is 6.54 Å². The van der Waals surface area contributed by atoms with Crippen molar-refractivity contribution in [1.82, 2.24) is 10.3 Å². The standard InChI is InChI=1S/C13H9Cl2FN2O/c14-9-3-1-8(2-4-9)6-18-13(19)12-5-10(15)11(16)7-17-12/h1-5,7H,6H2,(H,18,19). The maximum Gasteiger partial charge on any atom is 0.270 e. The number of pyridine rings is 1. The molecule has 0 radical (unpaired) electrons. The Morgan fingerprint density at radius 3 is 2.58 bits per heavy atom. The molecule has 1 N–H and O–H groups in total. The van der Waals surface area contributed by atoms with Crippen LogP contribution >= 0.6 is 23.2 Å². The Morgan fingerprint density at radius 1 is 1.26 bits per heavy atom. The Bertz CT molecular complexity index is 602. The third-order valence-electron chi connectivity index (χ3n) is 2.41. The smallest absolute Gasteiger partial charge is 0.270 e. The SMILES string of the molecule is O=C(NCc1ccc(Cl)cc1)c1cc(Cl)c(F)cn1. The van der Waals surface area contributed by atoms with Gasteiger partial charge in [0.2, 0.25) is 0 Å². The minimum absolute atomic E-state index is 0.0698. The van der Waals surface area contributed by atoms with Gasteiger partial charge in [0.05, 0.1) is 11.2 Å². The fraction of sp³-hybridized carbons (Fsp3) is 0.0769. The summed E-state index contributed by atoms with van der Waals surface area (Å²) in [5, 5.41) is 3.15. The first-order valence-corrected chi connectivity index (χ1v) is 6.15. The maximum absolute atomic E-state index is 12.9. The number of rotatable bonds is 3. The molecule has 0 saturated carbocycles. The number of nitrogens with one attached hydrogen (secondary N) is 1. The summed E-state index contributed by atoms with van der Waals surface area (Å²) in [4.78, 5) is 15.4. The number of aromatic nitrogens is 1. The predicted octanol–water partition coefficient (Wildman–Crippen LogP) is 3.46. The number of hydrogen-bond donors (Lipinski definition) is 1. The normalized spacial score (nSPS) is 10.3. The van der Waals surface area contributed by atoms with E-state index < -0.39 is 11.7 Å². The van der Waals surface area contributed by atoms with E-state index in [0.717, 1.165) is 11.8 Å². The summed E-state index contributed by atoms with van der Waals surface area (Å²) in [5.74, 6) is -1.08. The Labute approximate surface area is 119 Å². The zero-order valence-corrected chi connectivity index (χ0v) is 11.2. The molecule has 2 aromatic rings. The highest BCUT2D eigenvalue weighted by Gasteiger charge is 2.10. The van der Waals surface area contributed by atoms with Crippen molar-refractivity contribution >= 4 is 29.1 Å². The molecule has 1 heterocycles. The Morgan fingerprint density at radius 2 is 1.95 bits per heavy atom. The van der Waals surface area contributed by atoms with E-state index in [0.29, 0.717) is 11.6 Å². The number of carbonyl (C=O) groups is 1. The summed E-state index contributed by atoms with van der Waals surface area (Å²) in [5.41, 5.74) is 0.964. The monoisotopic (exact) mass is 298 g/mol. The lowest BCUT2D eigenvalue weighted by atomic mass is 10.2. The first-order valence-electron chi connectivity index (χ1n) is 5.40. The van der Waals surface area contributed by atoms with Gasteiger partial charge >= 0.3 is 0 Å². The molecule has 3 nitrogen and oxygen atoms in total. The van der Waals surface area contributed by atoms with Gasteiger partial charge in [0, 0.05) is 11.6 Å². The molecule has 0 atom stereocenters. The number of benzene rings is 1.